The minimum atomic E-state index is -0.563. The first kappa shape index (κ1) is 13.6. The van der Waals surface area contributed by atoms with Crippen LogP contribution in [0.25, 0.3) is 0 Å². The van der Waals surface area contributed by atoms with Crippen LogP contribution in [-0.4, -0.2) is 22.2 Å². The Hall–Kier alpha value is -1.78. The number of aliphatic hydroxyl groups excluding tert-OH is 1. The predicted octanol–water partition coefficient (Wildman–Crippen LogP) is 2.57. The number of nitrogens with zero attached hydrogens (tertiary/aromatic N) is 2. The van der Waals surface area contributed by atoms with Crippen LogP contribution in [0.5, 0.6) is 0 Å². The van der Waals surface area contributed by atoms with Crippen molar-refractivity contribution < 1.29 is 9.84 Å². The van der Waals surface area contributed by atoms with Gasteiger partial charge in [0.1, 0.15) is 6.10 Å². The molecule has 1 heterocycles. The van der Waals surface area contributed by atoms with Crippen molar-refractivity contribution in [2.75, 3.05) is 7.11 Å². The van der Waals surface area contributed by atoms with Gasteiger partial charge in [-0.1, -0.05) is 30.3 Å². The van der Waals surface area contributed by atoms with Gasteiger partial charge in [0.25, 0.3) is 0 Å². The summed E-state index contributed by atoms with van der Waals surface area (Å²) in [6.45, 7) is 3.57. The standard InChI is InChI=1S/C15H18N2O2/c1-10-13(11(2)18)9-16-15(17-10)14(19-3)12-7-5-4-6-8-12/h4-9,11,14,18H,1-3H3. The second-order valence-corrected chi connectivity index (χ2v) is 4.47. The van der Waals surface area contributed by atoms with Crippen LogP contribution in [0.3, 0.4) is 0 Å². The van der Waals surface area contributed by atoms with Gasteiger partial charge in [-0.15, -0.1) is 0 Å². The molecule has 0 fully saturated rings. The van der Waals surface area contributed by atoms with E-state index < -0.39 is 6.10 Å². The second-order valence-electron chi connectivity index (χ2n) is 4.47. The minimum Gasteiger partial charge on any atom is -0.389 e. The van der Waals surface area contributed by atoms with Crippen LogP contribution in [0.4, 0.5) is 0 Å². The van der Waals surface area contributed by atoms with E-state index in [0.29, 0.717) is 5.82 Å². The lowest BCUT2D eigenvalue weighted by Crippen LogP contribution is -2.11. The highest BCUT2D eigenvalue weighted by Gasteiger charge is 2.18. The largest absolute Gasteiger partial charge is 0.389 e. The third kappa shape index (κ3) is 2.97. The summed E-state index contributed by atoms with van der Waals surface area (Å²) in [5, 5.41) is 9.60. The summed E-state index contributed by atoms with van der Waals surface area (Å²) >= 11 is 0. The summed E-state index contributed by atoms with van der Waals surface area (Å²) in [6, 6.07) is 9.83. The Balaban J connectivity index is 2.37. The molecule has 0 radical (unpaired) electrons. The molecule has 1 aromatic carbocycles. The average Bonchev–Trinajstić information content (AvgIpc) is 2.40. The summed E-state index contributed by atoms with van der Waals surface area (Å²) in [4.78, 5) is 8.76. The van der Waals surface area contributed by atoms with Crippen molar-refractivity contribution in [1.82, 2.24) is 9.97 Å². The van der Waals surface area contributed by atoms with Crippen LogP contribution in [0.15, 0.2) is 36.5 Å². The SMILES string of the molecule is COC(c1ccccc1)c1ncc(C(C)O)c(C)n1. The summed E-state index contributed by atoms with van der Waals surface area (Å²) < 4.78 is 5.49. The summed E-state index contributed by atoms with van der Waals surface area (Å²) in [5.41, 5.74) is 2.53. The van der Waals surface area contributed by atoms with E-state index in [0.717, 1.165) is 16.8 Å². The molecule has 0 aliphatic rings. The zero-order chi connectivity index (χ0) is 13.8. The maximum Gasteiger partial charge on any atom is 0.162 e. The fraction of sp³-hybridized carbons (Fsp3) is 0.333. The van der Waals surface area contributed by atoms with E-state index in [4.69, 9.17) is 4.74 Å². The molecule has 0 amide bonds. The normalized spacial score (nSPS) is 14.1. The molecule has 100 valence electrons. The molecule has 2 unspecified atom stereocenters. The third-order valence-corrected chi connectivity index (χ3v) is 3.06. The van der Waals surface area contributed by atoms with Crippen molar-refractivity contribution in [3.63, 3.8) is 0 Å². The van der Waals surface area contributed by atoms with Crippen molar-refractivity contribution in [3.8, 4) is 0 Å². The van der Waals surface area contributed by atoms with Crippen molar-refractivity contribution >= 4 is 0 Å². The van der Waals surface area contributed by atoms with Gasteiger partial charge >= 0.3 is 0 Å². The highest BCUT2D eigenvalue weighted by Crippen LogP contribution is 2.24. The Bertz CT molecular complexity index is 541. The summed E-state index contributed by atoms with van der Waals surface area (Å²) in [5.74, 6) is 0.607. The molecule has 4 nitrogen and oxygen atoms in total. The van der Waals surface area contributed by atoms with E-state index >= 15 is 0 Å². The molecule has 1 N–H and O–H groups in total. The third-order valence-electron chi connectivity index (χ3n) is 3.06. The van der Waals surface area contributed by atoms with Gasteiger partial charge in [-0.25, -0.2) is 9.97 Å². The molecule has 4 heteroatoms. The maximum absolute atomic E-state index is 9.60. The van der Waals surface area contributed by atoms with E-state index in [-0.39, 0.29) is 6.10 Å². The molecule has 2 aromatic rings. The smallest absolute Gasteiger partial charge is 0.162 e. The number of ether oxygens (including phenoxy) is 1. The van der Waals surface area contributed by atoms with E-state index in [1.807, 2.05) is 37.3 Å². The molecule has 19 heavy (non-hydrogen) atoms. The highest BCUT2D eigenvalue weighted by atomic mass is 16.5. The molecule has 1 aromatic heterocycles. The second kappa shape index (κ2) is 5.91. The van der Waals surface area contributed by atoms with Gasteiger partial charge in [0.15, 0.2) is 5.82 Å². The first-order valence-corrected chi connectivity index (χ1v) is 6.22. The van der Waals surface area contributed by atoms with Gasteiger partial charge in [-0.3, -0.25) is 0 Å². The van der Waals surface area contributed by atoms with Crippen molar-refractivity contribution in [3.05, 3.63) is 59.2 Å². The summed E-state index contributed by atoms with van der Waals surface area (Å²) in [6.07, 6.45) is 0.812. The molecule has 2 atom stereocenters. The van der Waals surface area contributed by atoms with E-state index in [9.17, 15) is 5.11 Å². The number of hydrogen-bond acceptors (Lipinski definition) is 4. The molecule has 0 saturated heterocycles. The quantitative estimate of drug-likeness (QED) is 0.915. The van der Waals surface area contributed by atoms with Crippen LogP contribution in [0.2, 0.25) is 0 Å². The van der Waals surface area contributed by atoms with E-state index in [1.165, 1.54) is 0 Å². The fourth-order valence-electron chi connectivity index (χ4n) is 2.05. The number of aryl methyl sites for hydroxylation is 1. The Labute approximate surface area is 113 Å². The number of hydrogen-bond donors (Lipinski definition) is 1. The zero-order valence-corrected chi connectivity index (χ0v) is 11.4. The number of rotatable bonds is 4. The molecule has 0 bridgehead atoms. The van der Waals surface area contributed by atoms with E-state index in [2.05, 4.69) is 9.97 Å². The topological polar surface area (TPSA) is 55.2 Å². The van der Waals surface area contributed by atoms with Gasteiger partial charge in [-0.05, 0) is 19.4 Å². The maximum atomic E-state index is 9.60. The lowest BCUT2D eigenvalue weighted by Gasteiger charge is -2.16. The Morgan fingerprint density at radius 2 is 1.89 bits per heavy atom. The van der Waals surface area contributed by atoms with Crippen molar-refractivity contribution in [1.29, 1.82) is 0 Å². The fourth-order valence-corrected chi connectivity index (χ4v) is 2.05. The first-order valence-electron chi connectivity index (χ1n) is 6.22. The Kier molecular flexibility index (Phi) is 4.24. The monoisotopic (exact) mass is 258 g/mol. The van der Waals surface area contributed by atoms with Crippen LogP contribution in [-0.2, 0) is 4.74 Å². The number of benzene rings is 1. The van der Waals surface area contributed by atoms with Gasteiger partial charge in [-0.2, -0.15) is 0 Å². The molecular weight excluding hydrogens is 240 g/mol. The van der Waals surface area contributed by atoms with Crippen molar-refractivity contribution in [2.45, 2.75) is 26.1 Å². The van der Waals surface area contributed by atoms with Gasteiger partial charge in [0.05, 0.1) is 6.10 Å². The van der Waals surface area contributed by atoms with Crippen LogP contribution in [0.1, 0.15) is 41.8 Å². The Morgan fingerprint density at radius 3 is 2.42 bits per heavy atom. The van der Waals surface area contributed by atoms with Crippen LogP contribution in [0, 0.1) is 6.92 Å². The number of aliphatic hydroxyl groups is 1. The van der Waals surface area contributed by atoms with Crippen LogP contribution < -0.4 is 0 Å². The molecule has 0 spiro atoms. The molecule has 2 rings (SSSR count). The Morgan fingerprint density at radius 1 is 1.21 bits per heavy atom. The van der Waals surface area contributed by atoms with E-state index in [1.54, 1.807) is 20.2 Å². The number of aromatic nitrogens is 2. The average molecular weight is 258 g/mol. The minimum absolute atomic E-state index is 0.289. The molecule has 0 saturated carbocycles. The highest BCUT2D eigenvalue weighted by molar-refractivity contribution is 5.25. The lowest BCUT2D eigenvalue weighted by molar-refractivity contribution is 0.128. The van der Waals surface area contributed by atoms with Crippen molar-refractivity contribution in [2.24, 2.45) is 0 Å². The lowest BCUT2D eigenvalue weighted by atomic mass is 10.1. The van der Waals surface area contributed by atoms with Crippen LogP contribution >= 0.6 is 0 Å². The molecule has 0 aliphatic heterocycles. The first-order chi connectivity index (χ1) is 9.13. The molecular formula is C15H18N2O2. The van der Waals surface area contributed by atoms with Gasteiger partial charge in [0.2, 0.25) is 0 Å². The van der Waals surface area contributed by atoms with Gasteiger partial charge in [0, 0.05) is 24.6 Å². The van der Waals surface area contributed by atoms with Gasteiger partial charge < -0.3 is 9.84 Å². The molecule has 0 aliphatic carbocycles. The predicted molar refractivity (Wildman–Crippen MR) is 72.7 cm³/mol. The number of methoxy groups -OCH3 is 1. The summed E-state index contributed by atoms with van der Waals surface area (Å²) in [7, 11) is 1.64. The zero-order valence-electron chi connectivity index (χ0n) is 11.4.